The molecule has 0 radical (unpaired) electrons. The SMILES string of the molecule is C=C[Si](C)(O[Si](C)(C)O[Si](C)(C)C)O[Si](C)(CCSCSC)O[Si](C)(CCCC)CCSCSC. The fourth-order valence-corrected chi connectivity index (χ4v) is 33.4. The lowest BCUT2D eigenvalue weighted by Crippen LogP contribution is -2.60. The van der Waals surface area contributed by atoms with E-state index in [2.05, 4.69) is 78.4 Å². The van der Waals surface area contributed by atoms with Crippen molar-refractivity contribution < 1.29 is 16.5 Å². The first-order valence-corrected chi connectivity index (χ1v) is 31.7. The highest BCUT2D eigenvalue weighted by Crippen LogP contribution is 2.33. The fraction of sp³-hybridized carbons (Fsp3) is 0.909. The van der Waals surface area contributed by atoms with Gasteiger partial charge in [0.15, 0.2) is 16.6 Å². The third kappa shape index (κ3) is 18.1. The Hall–Kier alpha value is 2.06. The van der Waals surface area contributed by atoms with Gasteiger partial charge in [0.25, 0.3) is 0 Å². The summed E-state index contributed by atoms with van der Waals surface area (Å²) in [7, 11) is -11.2. The van der Waals surface area contributed by atoms with Gasteiger partial charge in [-0.05, 0) is 94.5 Å². The maximum absolute atomic E-state index is 7.31. The summed E-state index contributed by atoms with van der Waals surface area (Å²) in [4.78, 5) is 0. The molecular formula is C22H54O4S4Si5. The van der Waals surface area contributed by atoms with Crippen molar-refractivity contribution in [3.63, 3.8) is 0 Å². The standard InChI is InChI=1S/C22H54O4S4Si5/c1-13-15-18-33(10,19-16-29-21-27-3)25-35(12,20-17-30-22-28-4)26-34(11,14-2)24-32(8,9)23-31(5,6)7/h14H,2,13,15-22H2,1,3-12H3. The van der Waals surface area contributed by atoms with E-state index in [1.807, 2.05) is 52.7 Å². The molecule has 0 aliphatic heterocycles. The van der Waals surface area contributed by atoms with E-state index in [0.717, 1.165) is 22.0 Å². The monoisotopic (exact) mass is 650 g/mol. The van der Waals surface area contributed by atoms with Crippen LogP contribution in [-0.4, -0.2) is 76.5 Å². The fourth-order valence-electron chi connectivity index (χ4n) is 4.03. The highest BCUT2D eigenvalue weighted by atomic mass is 32.2. The number of unbranched alkanes of at least 4 members (excludes halogenated alkanes) is 1. The normalized spacial score (nSPS) is 18.0. The Balaban J connectivity index is 5.83. The highest BCUT2D eigenvalue weighted by molar-refractivity contribution is 8.16. The molecular weight excluding hydrogens is 597 g/mol. The second kappa shape index (κ2) is 17.7. The van der Waals surface area contributed by atoms with Crippen molar-refractivity contribution in [1.29, 1.82) is 0 Å². The minimum absolute atomic E-state index is 0.988. The van der Waals surface area contributed by atoms with Gasteiger partial charge < -0.3 is 16.5 Å². The molecule has 3 atom stereocenters. The summed E-state index contributed by atoms with van der Waals surface area (Å²) in [6.07, 6.45) is 6.79. The molecule has 3 unspecified atom stereocenters. The topological polar surface area (TPSA) is 36.9 Å². The number of hydrogen-bond acceptors (Lipinski definition) is 8. The zero-order valence-corrected chi connectivity index (χ0v) is 32.7. The van der Waals surface area contributed by atoms with Crippen LogP contribution >= 0.6 is 47.0 Å². The van der Waals surface area contributed by atoms with Crippen molar-refractivity contribution in [3.05, 3.63) is 12.3 Å². The lowest BCUT2D eigenvalue weighted by atomic mass is 10.4. The van der Waals surface area contributed by atoms with E-state index in [1.165, 1.54) is 30.7 Å². The molecule has 13 heteroatoms. The molecule has 210 valence electrons. The van der Waals surface area contributed by atoms with Crippen molar-refractivity contribution >= 4 is 89.4 Å². The van der Waals surface area contributed by atoms with E-state index in [9.17, 15) is 0 Å². The van der Waals surface area contributed by atoms with Crippen molar-refractivity contribution in [2.45, 2.75) is 90.3 Å². The molecule has 4 nitrogen and oxygen atoms in total. The van der Waals surface area contributed by atoms with Gasteiger partial charge in [0, 0.05) is 10.2 Å². The molecule has 0 N–H and O–H groups in total. The van der Waals surface area contributed by atoms with Gasteiger partial charge in [-0.15, -0.1) is 6.58 Å². The van der Waals surface area contributed by atoms with E-state index in [0.29, 0.717) is 0 Å². The van der Waals surface area contributed by atoms with Crippen molar-refractivity contribution in [3.8, 4) is 0 Å². The van der Waals surface area contributed by atoms with Crippen LogP contribution in [0.3, 0.4) is 0 Å². The van der Waals surface area contributed by atoms with Crippen molar-refractivity contribution in [2.75, 3.05) is 34.2 Å². The molecule has 0 aliphatic carbocycles. The summed E-state index contributed by atoms with van der Waals surface area (Å²) in [5.41, 5.74) is 1.96. The zero-order chi connectivity index (χ0) is 27.2. The Morgan fingerprint density at radius 3 is 1.71 bits per heavy atom. The summed E-state index contributed by atoms with van der Waals surface area (Å²) >= 11 is 7.82. The summed E-state index contributed by atoms with van der Waals surface area (Å²) in [6, 6.07) is 3.38. The van der Waals surface area contributed by atoms with Gasteiger partial charge >= 0.3 is 25.7 Å². The number of thioether (sulfide) groups is 4. The van der Waals surface area contributed by atoms with E-state index < -0.39 is 42.3 Å². The van der Waals surface area contributed by atoms with Gasteiger partial charge in [0.05, 0.1) is 0 Å². The molecule has 0 aromatic carbocycles. The summed E-state index contributed by atoms with van der Waals surface area (Å²) in [5, 5.41) is 2.26. The van der Waals surface area contributed by atoms with Crippen LogP contribution in [-0.2, 0) is 16.5 Å². The Bertz CT molecular complexity index is 603. The van der Waals surface area contributed by atoms with Gasteiger partial charge in [-0.1, -0.05) is 25.5 Å². The second-order valence-electron chi connectivity index (χ2n) is 11.0. The molecule has 0 bridgehead atoms. The summed E-state index contributed by atoms with van der Waals surface area (Å²) in [5.74, 6) is 2.24. The Morgan fingerprint density at radius 2 is 1.26 bits per heavy atom. The molecule has 0 amide bonds. The average Bonchev–Trinajstić information content (AvgIpc) is 2.70. The largest absolute Gasteiger partial charge is 0.437 e. The van der Waals surface area contributed by atoms with E-state index in [-0.39, 0.29) is 0 Å². The highest BCUT2D eigenvalue weighted by Gasteiger charge is 2.48. The Morgan fingerprint density at radius 1 is 0.714 bits per heavy atom. The van der Waals surface area contributed by atoms with Gasteiger partial charge in [-0.3, -0.25) is 0 Å². The van der Waals surface area contributed by atoms with Crippen LogP contribution in [0.2, 0.25) is 70.5 Å². The Kier molecular flexibility index (Phi) is 18.7. The molecule has 0 aromatic rings. The molecule has 0 saturated carbocycles. The van der Waals surface area contributed by atoms with E-state index in [4.69, 9.17) is 16.5 Å². The summed E-state index contributed by atoms with van der Waals surface area (Å²) < 4.78 is 27.7. The maximum atomic E-state index is 7.31. The van der Waals surface area contributed by atoms with Crippen LogP contribution in [0, 0.1) is 0 Å². The molecule has 0 rings (SSSR count). The quantitative estimate of drug-likeness (QED) is 0.0653. The molecule has 0 aliphatic rings. The van der Waals surface area contributed by atoms with Gasteiger partial charge in [0.2, 0.25) is 0 Å². The van der Waals surface area contributed by atoms with Crippen LogP contribution in [0.25, 0.3) is 0 Å². The lowest BCUT2D eigenvalue weighted by Gasteiger charge is -2.44. The number of rotatable bonds is 22. The van der Waals surface area contributed by atoms with E-state index >= 15 is 0 Å². The van der Waals surface area contributed by atoms with Gasteiger partial charge in [-0.2, -0.15) is 47.0 Å². The zero-order valence-electron chi connectivity index (χ0n) is 24.4. The average molecular weight is 651 g/mol. The molecule has 0 saturated heterocycles. The predicted molar refractivity (Wildman–Crippen MR) is 181 cm³/mol. The predicted octanol–water partition coefficient (Wildman–Crippen LogP) is 8.94. The Labute approximate surface area is 241 Å². The van der Waals surface area contributed by atoms with Crippen LogP contribution in [0.5, 0.6) is 0 Å². The van der Waals surface area contributed by atoms with Gasteiger partial charge in [0.1, 0.15) is 0 Å². The minimum atomic E-state index is -2.68. The van der Waals surface area contributed by atoms with Crippen LogP contribution in [0.15, 0.2) is 12.3 Å². The summed E-state index contributed by atoms with van der Waals surface area (Å²) in [6.45, 7) is 24.3. The first kappa shape index (κ1) is 37.1. The number of hydrogen-bond donors (Lipinski definition) is 0. The minimum Gasteiger partial charge on any atom is -0.437 e. The van der Waals surface area contributed by atoms with E-state index in [1.54, 1.807) is 0 Å². The van der Waals surface area contributed by atoms with Gasteiger partial charge in [-0.25, -0.2) is 0 Å². The first-order chi connectivity index (χ1) is 16.1. The van der Waals surface area contributed by atoms with Crippen molar-refractivity contribution in [2.24, 2.45) is 0 Å². The molecule has 0 spiro atoms. The lowest BCUT2D eigenvalue weighted by molar-refractivity contribution is 0.299. The van der Waals surface area contributed by atoms with Crippen LogP contribution in [0.4, 0.5) is 0 Å². The maximum Gasteiger partial charge on any atom is 0.343 e. The molecule has 0 aromatic heterocycles. The molecule has 35 heavy (non-hydrogen) atoms. The van der Waals surface area contributed by atoms with Crippen LogP contribution < -0.4 is 0 Å². The third-order valence-corrected chi connectivity index (χ3v) is 29.8. The van der Waals surface area contributed by atoms with Crippen LogP contribution in [0.1, 0.15) is 19.8 Å². The third-order valence-electron chi connectivity index (χ3n) is 5.19. The second-order valence-corrected chi connectivity index (χ2v) is 35.0. The van der Waals surface area contributed by atoms with Crippen molar-refractivity contribution in [1.82, 2.24) is 0 Å². The molecule has 0 fully saturated rings. The first-order valence-electron chi connectivity index (χ1n) is 12.6. The smallest absolute Gasteiger partial charge is 0.343 e. The molecule has 0 heterocycles.